The quantitative estimate of drug-likeness (QED) is 0.629. The van der Waals surface area contributed by atoms with E-state index in [0.29, 0.717) is 11.7 Å². The lowest BCUT2D eigenvalue weighted by atomic mass is 10.1. The lowest BCUT2D eigenvalue weighted by Crippen LogP contribution is -1.99. The SMILES string of the molecule is Cc1[nH]cnc1C(C)c1nc(-c2cn(C)c3ccccc23)no1. The summed E-state index contributed by atoms with van der Waals surface area (Å²) >= 11 is 0. The highest BCUT2D eigenvalue weighted by Crippen LogP contribution is 2.30. The van der Waals surface area contributed by atoms with Gasteiger partial charge in [-0.05, 0) is 19.9 Å². The summed E-state index contributed by atoms with van der Waals surface area (Å²) < 4.78 is 7.56. The van der Waals surface area contributed by atoms with E-state index < -0.39 is 0 Å². The van der Waals surface area contributed by atoms with Crippen molar-refractivity contribution in [3.05, 3.63) is 54.1 Å². The molecule has 0 saturated heterocycles. The molecule has 0 aliphatic heterocycles. The summed E-state index contributed by atoms with van der Waals surface area (Å²) in [6.45, 7) is 4.00. The molecule has 1 N–H and O–H groups in total. The second-order valence-electron chi connectivity index (χ2n) is 5.76. The maximum absolute atomic E-state index is 5.49. The first kappa shape index (κ1) is 13.8. The van der Waals surface area contributed by atoms with Gasteiger partial charge in [0.05, 0.1) is 17.9 Å². The van der Waals surface area contributed by atoms with E-state index in [-0.39, 0.29) is 5.92 Å². The molecule has 0 bridgehead atoms. The van der Waals surface area contributed by atoms with Gasteiger partial charge in [0.2, 0.25) is 11.7 Å². The van der Waals surface area contributed by atoms with Gasteiger partial charge in [-0.3, -0.25) is 0 Å². The van der Waals surface area contributed by atoms with Crippen molar-refractivity contribution in [2.45, 2.75) is 19.8 Å². The van der Waals surface area contributed by atoms with Gasteiger partial charge in [0.1, 0.15) is 0 Å². The minimum Gasteiger partial charge on any atom is -0.350 e. The molecule has 6 nitrogen and oxygen atoms in total. The van der Waals surface area contributed by atoms with E-state index in [1.165, 1.54) is 0 Å². The van der Waals surface area contributed by atoms with Gasteiger partial charge in [0.15, 0.2) is 0 Å². The molecule has 0 aliphatic rings. The number of nitrogens with one attached hydrogen (secondary N) is 1. The highest BCUT2D eigenvalue weighted by Gasteiger charge is 2.21. The normalized spacial score (nSPS) is 12.8. The van der Waals surface area contributed by atoms with Crippen LogP contribution < -0.4 is 0 Å². The Morgan fingerprint density at radius 3 is 2.87 bits per heavy atom. The van der Waals surface area contributed by atoms with Crippen LogP contribution in [0.3, 0.4) is 0 Å². The van der Waals surface area contributed by atoms with Crippen molar-refractivity contribution in [1.82, 2.24) is 24.7 Å². The van der Waals surface area contributed by atoms with Crippen molar-refractivity contribution in [1.29, 1.82) is 0 Å². The number of nitrogens with zero attached hydrogens (tertiary/aromatic N) is 4. The summed E-state index contributed by atoms with van der Waals surface area (Å²) in [7, 11) is 2.02. The van der Waals surface area contributed by atoms with Gasteiger partial charge in [-0.2, -0.15) is 4.98 Å². The molecule has 6 heteroatoms. The van der Waals surface area contributed by atoms with Crippen molar-refractivity contribution in [3.63, 3.8) is 0 Å². The van der Waals surface area contributed by atoms with E-state index in [0.717, 1.165) is 27.9 Å². The van der Waals surface area contributed by atoms with E-state index in [1.807, 2.05) is 39.2 Å². The van der Waals surface area contributed by atoms with Crippen molar-refractivity contribution in [2.75, 3.05) is 0 Å². The van der Waals surface area contributed by atoms with E-state index in [4.69, 9.17) is 4.52 Å². The van der Waals surface area contributed by atoms with Gasteiger partial charge >= 0.3 is 0 Å². The number of H-pyrrole nitrogens is 1. The van der Waals surface area contributed by atoms with Crippen LogP contribution in [0, 0.1) is 6.92 Å². The summed E-state index contributed by atoms with van der Waals surface area (Å²) in [5.41, 5.74) is 4.06. The monoisotopic (exact) mass is 307 g/mol. The van der Waals surface area contributed by atoms with Crippen LogP contribution in [-0.4, -0.2) is 24.7 Å². The van der Waals surface area contributed by atoms with Gasteiger partial charge in [0, 0.05) is 35.4 Å². The highest BCUT2D eigenvalue weighted by atomic mass is 16.5. The first-order valence-electron chi connectivity index (χ1n) is 7.53. The maximum atomic E-state index is 5.49. The van der Waals surface area contributed by atoms with E-state index >= 15 is 0 Å². The fraction of sp³-hybridized carbons (Fsp3) is 0.235. The topological polar surface area (TPSA) is 72.5 Å². The molecule has 4 aromatic rings. The van der Waals surface area contributed by atoms with Crippen LogP contribution in [0.15, 0.2) is 41.3 Å². The molecule has 4 rings (SSSR count). The molecular formula is C17H17N5O. The maximum Gasteiger partial charge on any atom is 0.235 e. The lowest BCUT2D eigenvalue weighted by molar-refractivity contribution is 0.369. The molecular weight excluding hydrogens is 290 g/mol. The number of aromatic amines is 1. The molecule has 0 radical (unpaired) electrons. The van der Waals surface area contributed by atoms with E-state index in [2.05, 4.69) is 36.8 Å². The van der Waals surface area contributed by atoms with E-state index in [1.54, 1.807) is 6.33 Å². The summed E-state index contributed by atoms with van der Waals surface area (Å²) in [6, 6.07) is 8.19. The lowest BCUT2D eigenvalue weighted by Gasteiger charge is -2.03. The molecule has 3 aromatic heterocycles. The summed E-state index contributed by atoms with van der Waals surface area (Å²) in [5.74, 6) is 1.14. The van der Waals surface area contributed by atoms with Crippen LogP contribution in [-0.2, 0) is 7.05 Å². The van der Waals surface area contributed by atoms with Gasteiger partial charge in [-0.1, -0.05) is 23.4 Å². The molecule has 0 fully saturated rings. The van der Waals surface area contributed by atoms with Crippen LogP contribution in [0.5, 0.6) is 0 Å². The third kappa shape index (κ3) is 2.14. The molecule has 1 atom stereocenters. The predicted octanol–water partition coefficient (Wildman–Crippen LogP) is 3.41. The molecule has 0 amide bonds. The number of benzene rings is 1. The number of fused-ring (bicyclic) bond motifs is 1. The van der Waals surface area contributed by atoms with Gasteiger partial charge in [-0.25, -0.2) is 4.98 Å². The second-order valence-corrected chi connectivity index (χ2v) is 5.76. The van der Waals surface area contributed by atoms with Crippen LogP contribution in [0.2, 0.25) is 0 Å². The largest absolute Gasteiger partial charge is 0.350 e. The predicted molar refractivity (Wildman–Crippen MR) is 87.1 cm³/mol. The Hall–Kier alpha value is -2.89. The standard InChI is InChI=1S/C17H17N5O/c1-10(15-11(2)18-9-19-15)17-20-16(21-23-17)13-8-22(3)14-7-5-4-6-12(13)14/h4-10H,1-3H3,(H,18,19). The minimum atomic E-state index is -0.0440. The zero-order valence-corrected chi connectivity index (χ0v) is 13.2. The Morgan fingerprint density at radius 2 is 2.09 bits per heavy atom. The summed E-state index contributed by atoms with van der Waals surface area (Å²) in [5, 5.41) is 5.29. The molecule has 116 valence electrons. The van der Waals surface area contributed by atoms with Crippen molar-refractivity contribution >= 4 is 10.9 Å². The summed E-state index contributed by atoms with van der Waals surface area (Å²) in [6.07, 6.45) is 3.72. The third-order valence-electron chi connectivity index (χ3n) is 4.23. The Kier molecular flexibility index (Phi) is 3.04. The van der Waals surface area contributed by atoms with Gasteiger partial charge < -0.3 is 14.1 Å². The molecule has 3 heterocycles. The molecule has 23 heavy (non-hydrogen) atoms. The number of hydrogen-bond acceptors (Lipinski definition) is 4. The zero-order valence-electron chi connectivity index (χ0n) is 13.2. The zero-order chi connectivity index (χ0) is 16.0. The number of aryl methyl sites for hydroxylation is 2. The Morgan fingerprint density at radius 1 is 1.26 bits per heavy atom. The minimum absolute atomic E-state index is 0.0440. The van der Waals surface area contributed by atoms with Gasteiger partial charge in [0.25, 0.3) is 0 Å². The number of hydrogen-bond donors (Lipinski definition) is 1. The molecule has 1 aromatic carbocycles. The number of para-hydroxylation sites is 1. The third-order valence-corrected chi connectivity index (χ3v) is 4.23. The highest BCUT2D eigenvalue weighted by molar-refractivity contribution is 5.94. The van der Waals surface area contributed by atoms with Crippen molar-refractivity contribution in [2.24, 2.45) is 7.05 Å². The first-order chi connectivity index (χ1) is 11.1. The average Bonchev–Trinajstić information content (AvgIpc) is 3.26. The van der Waals surface area contributed by atoms with Crippen LogP contribution in [0.1, 0.15) is 30.1 Å². The fourth-order valence-corrected chi connectivity index (χ4v) is 2.96. The van der Waals surface area contributed by atoms with Crippen LogP contribution >= 0.6 is 0 Å². The van der Waals surface area contributed by atoms with Crippen molar-refractivity contribution in [3.8, 4) is 11.4 Å². The Bertz CT molecular complexity index is 978. The number of imidazole rings is 1. The van der Waals surface area contributed by atoms with Crippen LogP contribution in [0.25, 0.3) is 22.3 Å². The number of rotatable bonds is 3. The molecule has 0 spiro atoms. The first-order valence-corrected chi connectivity index (χ1v) is 7.53. The Labute approximate surface area is 133 Å². The smallest absolute Gasteiger partial charge is 0.235 e. The Balaban J connectivity index is 1.77. The molecule has 0 aliphatic carbocycles. The van der Waals surface area contributed by atoms with Crippen molar-refractivity contribution < 1.29 is 4.52 Å². The number of aromatic nitrogens is 5. The van der Waals surface area contributed by atoms with Crippen LogP contribution in [0.4, 0.5) is 0 Å². The van der Waals surface area contributed by atoms with E-state index in [9.17, 15) is 0 Å². The van der Waals surface area contributed by atoms with Gasteiger partial charge in [-0.15, -0.1) is 0 Å². The molecule has 0 saturated carbocycles. The summed E-state index contributed by atoms with van der Waals surface area (Å²) in [4.78, 5) is 12.0. The fourth-order valence-electron chi connectivity index (χ4n) is 2.96. The second kappa shape index (κ2) is 5.08. The average molecular weight is 307 g/mol. The molecule has 1 unspecified atom stereocenters.